The topological polar surface area (TPSA) is 185 Å². The van der Waals surface area contributed by atoms with E-state index in [1.54, 1.807) is 13.8 Å². The van der Waals surface area contributed by atoms with Crippen molar-refractivity contribution in [2.75, 3.05) is 6.54 Å². The zero-order valence-electron chi connectivity index (χ0n) is 37.9. The lowest BCUT2D eigenvalue weighted by atomic mass is 9.33. The number of aromatic nitrogens is 2. The van der Waals surface area contributed by atoms with E-state index >= 15 is 0 Å². The summed E-state index contributed by atoms with van der Waals surface area (Å²) in [6.07, 6.45) is 10.6. The molecule has 60 heavy (non-hydrogen) atoms. The third kappa shape index (κ3) is 6.49. The SMILES string of the molecule is CC(C)C1=C2[C@H]3CC[C@@H]4[C@@]5(C)CC[C@H](OC(=O)[C@H]6C[C@@H](C(=O)O)C6(C)C)C(C)(C)[C@@H]5CC[C@@]4(C)[C@]3(C)CC[C@@]2([C@@H](O)CNC(=O)C(C)(C)NC(=O)c2cncnc2)CC1=O. The third-order valence-electron chi connectivity index (χ3n) is 18.4. The second kappa shape index (κ2) is 14.7. The summed E-state index contributed by atoms with van der Waals surface area (Å²) in [6.45, 7) is 23.1. The number of carbonyl (C=O) groups excluding carboxylic acids is 4. The Balaban J connectivity index is 1.10. The minimum atomic E-state index is -1.29. The molecule has 0 unspecified atom stereocenters. The number of ether oxygens (including phenoxy) is 1. The Morgan fingerprint density at radius 1 is 0.867 bits per heavy atom. The molecule has 0 saturated heterocycles. The Kier molecular flexibility index (Phi) is 10.9. The fraction of sp³-hybridized carbons (Fsp3) is 0.771. The van der Waals surface area contributed by atoms with Gasteiger partial charge in [-0.15, -0.1) is 0 Å². The van der Waals surface area contributed by atoms with Gasteiger partial charge in [0.2, 0.25) is 5.91 Å². The Morgan fingerprint density at radius 2 is 1.53 bits per heavy atom. The Bertz CT molecular complexity index is 1980. The maximum Gasteiger partial charge on any atom is 0.309 e. The Morgan fingerprint density at radius 3 is 2.15 bits per heavy atom. The molecule has 0 aliphatic heterocycles. The summed E-state index contributed by atoms with van der Waals surface area (Å²) in [5, 5.41) is 27.7. The summed E-state index contributed by atoms with van der Waals surface area (Å²) >= 11 is 0. The van der Waals surface area contributed by atoms with Crippen LogP contribution in [0.5, 0.6) is 0 Å². The molecule has 1 aromatic heterocycles. The van der Waals surface area contributed by atoms with Crippen molar-refractivity contribution in [3.05, 3.63) is 35.4 Å². The minimum Gasteiger partial charge on any atom is -0.481 e. The highest BCUT2D eigenvalue weighted by atomic mass is 16.5. The monoisotopic (exact) mass is 831 g/mol. The van der Waals surface area contributed by atoms with Crippen LogP contribution in [0.1, 0.15) is 151 Å². The van der Waals surface area contributed by atoms with Crippen LogP contribution >= 0.6 is 0 Å². The number of nitrogens with one attached hydrogen (secondary N) is 2. The first-order valence-electron chi connectivity index (χ1n) is 22.5. The first kappa shape index (κ1) is 44.4. The predicted octanol–water partition coefficient (Wildman–Crippen LogP) is 7.10. The number of carboxylic acid groups (broad SMARTS) is 1. The molecule has 1 heterocycles. The molecule has 2 amide bonds. The van der Waals surface area contributed by atoms with Crippen molar-refractivity contribution in [2.45, 2.75) is 158 Å². The first-order valence-corrected chi connectivity index (χ1v) is 22.5. The third-order valence-corrected chi connectivity index (χ3v) is 18.4. The largest absolute Gasteiger partial charge is 0.481 e. The lowest BCUT2D eigenvalue weighted by Gasteiger charge is -2.72. The summed E-state index contributed by atoms with van der Waals surface area (Å²) in [7, 11) is 0. The zero-order valence-corrected chi connectivity index (χ0v) is 37.9. The Hall–Kier alpha value is -3.67. The number of hydrogen-bond acceptors (Lipinski definition) is 9. The quantitative estimate of drug-likeness (QED) is 0.177. The van der Waals surface area contributed by atoms with Crippen molar-refractivity contribution < 1.29 is 38.9 Å². The molecular formula is C48H70N4O8. The average Bonchev–Trinajstić information content (AvgIpc) is 3.47. The van der Waals surface area contributed by atoms with E-state index in [0.29, 0.717) is 24.7 Å². The number of ketones is 1. The van der Waals surface area contributed by atoms with E-state index in [9.17, 15) is 34.2 Å². The van der Waals surface area contributed by atoms with Crippen LogP contribution in [0, 0.1) is 68.0 Å². The van der Waals surface area contributed by atoms with E-state index in [-0.39, 0.29) is 69.9 Å². The highest BCUT2D eigenvalue weighted by Crippen LogP contribution is 2.77. The number of nitrogens with zero attached hydrogens (tertiary/aromatic N) is 2. The van der Waals surface area contributed by atoms with Crippen LogP contribution in [-0.2, 0) is 23.9 Å². The molecule has 5 saturated carbocycles. The number of esters is 1. The van der Waals surface area contributed by atoms with Gasteiger partial charge in [-0.2, -0.15) is 0 Å². The average molecular weight is 831 g/mol. The van der Waals surface area contributed by atoms with Gasteiger partial charge in [0.15, 0.2) is 5.78 Å². The molecule has 0 radical (unpaired) electrons. The fourth-order valence-corrected chi connectivity index (χ4v) is 14.7. The molecule has 11 atom stereocenters. The number of rotatable bonds is 10. The van der Waals surface area contributed by atoms with E-state index in [2.05, 4.69) is 69.1 Å². The summed E-state index contributed by atoms with van der Waals surface area (Å²) in [5.41, 5.74) is -0.918. The van der Waals surface area contributed by atoms with E-state index < -0.39 is 52.1 Å². The molecule has 0 bridgehead atoms. The summed E-state index contributed by atoms with van der Waals surface area (Å²) in [6, 6.07) is 0. The molecule has 12 heteroatoms. The highest BCUT2D eigenvalue weighted by molar-refractivity contribution is 6.01. The van der Waals surface area contributed by atoms with Crippen LogP contribution in [0.25, 0.3) is 0 Å². The van der Waals surface area contributed by atoms with Crippen LogP contribution in [0.15, 0.2) is 29.9 Å². The first-order chi connectivity index (χ1) is 27.8. The second-order valence-corrected chi connectivity index (χ2v) is 22.6. The van der Waals surface area contributed by atoms with Gasteiger partial charge in [0.25, 0.3) is 5.91 Å². The lowest BCUT2D eigenvalue weighted by Crippen LogP contribution is -2.66. The van der Waals surface area contributed by atoms with Crippen LogP contribution in [-0.4, -0.2) is 74.0 Å². The van der Waals surface area contributed by atoms with Crippen molar-refractivity contribution in [1.82, 2.24) is 20.6 Å². The number of aliphatic carboxylic acids is 1. The zero-order chi connectivity index (χ0) is 44.2. The van der Waals surface area contributed by atoms with Crippen LogP contribution in [0.3, 0.4) is 0 Å². The summed E-state index contributed by atoms with van der Waals surface area (Å²) in [4.78, 5) is 73.9. The molecule has 5 fully saturated rings. The minimum absolute atomic E-state index is 0.00632. The highest BCUT2D eigenvalue weighted by Gasteiger charge is 2.71. The number of carbonyl (C=O) groups is 5. The number of aliphatic hydroxyl groups excluding tert-OH is 1. The van der Waals surface area contributed by atoms with Crippen molar-refractivity contribution in [1.29, 1.82) is 0 Å². The van der Waals surface area contributed by atoms with Crippen molar-refractivity contribution in [3.8, 4) is 0 Å². The maximum atomic E-state index is 14.2. The number of hydrogen-bond donors (Lipinski definition) is 4. The molecule has 1 aromatic rings. The number of allylic oxidation sites excluding steroid dienone is 1. The van der Waals surface area contributed by atoms with Crippen molar-refractivity contribution in [2.24, 2.45) is 68.0 Å². The molecule has 12 nitrogen and oxygen atoms in total. The maximum absolute atomic E-state index is 14.2. The molecule has 0 aromatic carbocycles. The number of carboxylic acids is 1. The van der Waals surface area contributed by atoms with Gasteiger partial charge in [0, 0.05) is 36.2 Å². The van der Waals surface area contributed by atoms with Gasteiger partial charge in [0.1, 0.15) is 18.0 Å². The number of Topliss-reactive ketones (excluding diaryl/α,β-unsaturated/α-hetero) is 1. The molecule has 4 N–H and O–H groups in total. The van der Waals surface area contributed by atoms with Gasteiger partial charge in [-0.1, -0.05) is 67.9 Å². The standard InChI is InChI=1S/C48H70N4O8/c1-26(2)36-31(53)21-48(34(54)24-51-41(59)44(7,8)52-38(55)27-22-49-25-50-23-27)19-18-46(10)28(37(36)48)12-13-33-45(9)16-15-35(43(5,6)32(45)14-17-47(33,46)11)60-40(58)30-20-29(39(56)57)42(30,3)4/h22-23,25-26,28-30,32-35,54H,12-21,24H2,1-11H3,(H,51,59)(H,52,55)(H,56,57)/t28-,29+,30-,32+,33-,34+,35+,45+,46-,47-,48+/m1/s1. The van der Waals surface area contributed by atoms with Crippen LogP contribution < -0.4 is 10.6 Å². The van der Waals surface area contributed by atoms with Crippen LogP contribution in [0.4, 0.5) is 0 Å². The van der Waals surface area contributed by atoms with Gasteiger partial charge >= 0.3 is 11.9 Å². The number of aliphatic hydroxyl groups is 1. The molecular weight excluding hydrogens is 761 g/mol. The molecule has 6 aliphatic carbocycles. The normalized spacial score (nSPS) is 38.3. The predicted molar refractivity (Wildman–Crippen MR) is 225 cm³/mol. The molecule has 6 aliphatic rings. The van der Waals surface area contributed by atoms with E-state index in [1.165, 1.54) is 18.7 Å². The van der Waals surface area contributed by atoms with Crippen LogP contribution in [0.2, 0.25) is 0 Å². The molecule has 7 rings (SSSR count). The summed E-state index contributed by atoms with van der Waals surface area (Å²) in [5.74, 6) is -2.02. The van der Waals surface area contributed by atoms with E-state index in [4.69, 9.17) is 4.74 Å². The van der Waals surface area contributed by atoms with E-state index in [0.717, 1.165) is 56.1 Å². The van der Waals surface area contributed by atoms with Crippen molar-refractivity contribution >= 4 is 29.5 Å². The number of fused-ring (bicyclic) bond motifs is 7. The van der Waals surface area contributed by atoms with Gasteiger partial charge in [-0.3, -0.25) is 24.0 Å². The van der Waals surface area contributed by atoms with Gasteiger partial charge < -0.3 is 25.6 Å². The van der Waals surface area contributed by atoms with Gasteiger partial charge in [-0.05, 0) is 123 Å². The number of amides is 2. The second-order valence-electron chi connectivity index (χ2n) is 22.6. The van der Waals surface area contributed by atoms with Crippen molar-refractivity contribution in [3.63, 3.8) is 0 Å². The lowest BCUT2D eigenvalue weighted by molar-refractivity contribution is -0.238. The Labute approximate surface area is 356 Å². The smallest absolute Gasteiger partial charge is 0.309 e. The summed E-state index contributed by atoms with van der Waals surface area (Å²) < 4.78 is 6.41. The van der Waals surface area contributed by atoms with E-state index in [1.807, 2.05) is 13.8 Å². The fourth-order valence-electron chi connectivity index (χ4n) is 14.7. The van der Waals surface area contributed by atoms with Gasteiger partial charge in [0.05, 0.1) is 23.5 Å². The molecule has 330 valence electrons. The van der Waals surface area contributed by atoms with Gasteiger partial charge in [-0.25, -0.2) is 9.97 Å². The molecule has 0 spiro atoms.